The Hall–Kier alpha value is -1.30. The molecule has 0 heterocycles. The van der Waals surface area contributed by atoms with Gasteiger partial charge in [-0.15, -0.1) is 0 Å². The molecule has 1 saturated carbocycles. The minimum Gasteiger partial charge on any atom is -0.492 e. The van der Waals surface area contributed by atoms with Crippen LogP contribution < -0.4 is 10.1 Å². The van der Waals surface area contributed by atoms with E-state index in [0.717, 1.165) is 38.5 Å². The smallest absolute Gasteiger partial charge is 0.256 e. The molecule has 0 bridgehead atoms. The topological polar surface area (TPSA) is 56.8 Å². The molecule has 29 heavy (non-hydrogen) atoms. The number of carbonyl (C=O) groups is 1. The molecule has 0 radical (unpaired) electrons. The van der Waals surface area contributed by atoms with Crippen LogP contribution in [0.25, 0.3) is 0 Å². The van der Waals surface area contributed by atoms with Crippen LogP contribution >= 0.6 is 11.6 Å². The lowest BCUT2D eigenvalue weighted by atomic mass is 9.78. The molecule has 0 aromatic heterocycles. The van der Waals surface area contributed by atoms with Crippen LogP contribution in [-0.2, 0) is 14.3 Å². The zero-order valence-electron chi connectivity index (χ0n) is 18.5. The standard InChI is InChI=1S/C23H36ClNO4/c1-6-13-29-23(11-7-8-17(2)16-23)21(26)25-18-9-10-20(19(24)15-18)28-14-12-22(3,4)27-5/h9-10,15,17H,6-8,11-14,16H2,1-5H3,(H,25,26)/t17-,23-/m1/s1. The van der Waals surface area contributed by atoms with Crippen LogP contribution in [0.3, 0.4) is 0 Å². The summed E-state index contributed by atoms with van der Waals surface area (Å²) < 4.78 is 17.3. The molecule has 1 N–H and O–H groups in total. The summed E-state index contributed by atoms with van der Waals surface area (Å²) in [6, 6.07) is 5.34. The van der Waals surface area contributed by atoms with E-state index in [4.69, 9.17) is 25.8 Å². The molecule has 1 aliphatic carbocycles. The summed E-state index contributed by atoms with van der Waals surface area (Å²) in [5.41, 5.74) is -0.340. The van der Waals surface area contributed by atoms with E-state index in [1.807, 2.05) is 19.9 Å². The van der Waals surface area contributed by atoms with Gasteiger partial charge in [-0.05, 0) is 63.6 Å². The average Bonchev–Trinajstić information content (AvgIpc) is 2.68. The van der Waals surface area contributed by atoms with Gasteiger partial charge in [-0.3, -0.25) is 4.79 Å². The summed E-state index contributed by atoms with van der Waals surface area (Å²) in [5.74, 6) is 0.992. The lowest BCUT2D eigenvalue weighted by Gasteiger charge is -2.38. The van der Waals surface area contributed by atoms with E-state index in [9.17, 15) is 4.79 Å². The van der Waals surface area contributed by atoms with Crippen molar-refractivity contribution >= 4 is 23.2 Å². The van der Waals surface area contributed by atoms with Gasteiger partial charge in [0.2, 0.25) is 0 Å². The van der Waals surface area contributed by atoms with Gasteiger partial charge in [-0.25, -0.2) is 0 Å². The average molecular weight is 426 g/mol. The number of ether oxygens (including phenoxy) is 3. The van der Waals surface area contributed by atoms with E-state index in [0.29, 0.717) is 35.6 Å². The van der Waals surface area contributed by atoms with E-state index >= 15 is 0 Å². The molecule has 1 amide bonds. The predicted octanol–water partition coefficient (Wildman–Crippen LogP) is 5.85. The zero-order valence-corrected chi connectivity index (χ0v) is 19.2. The molecule has 0 saturated heterocycles. The second-order valence-electron chi connectivity index (χ2n) is 8.71. The van der Waals surface area contributed by atoms with Crippen molar-refractivity contribution in [2.45, 2.75) is 77.4 Å². The Labute approximate surface area is 180 Å². The summed E-state index contributed by atoms with van der Waals surface area (Å²) in [4.78, 5) is 13.1. The van der Waals surface area contributed by atoms with E-state index in [2.05, 4.69) is 19.2 Å². The lowest BCUT2D eigenvalue weighted by Crippen LogP contribution is -2.48. The summed E-state index contributed by atoms with van der Waals surface area (Å²) in [6.45, 7) is 9.36. The normalized spacial score (nSPS) is 22.3. The molecular weight excluding hydrogens is 390 g/mol. The Kier molecular flexibility index (Phi) is 8.80. The van der Waals surface area contributed by atoms with Gasteiger partial charge in [0.25, 0.3) is 5.91 Å². The van der Waals surface area contributed by atoms with E-state index in [-0.39, 0.29) is 11.5 Å². The molecule has 0 spiro atoms. The summed E-state index contributed by atoms with van der Waals surface area (Å²) in [6.07, 6.45) is 5.29. The fraction of sp³-hybridized carbons (Fsp3) is 0.696. The summed E-state index contributed by atoms with van der Waals surface area (Å²) >= 11 is 6.39. The molecule has 1 aromatic rings. The van der Waals surface area contributed by atoms with Crippen molar-refractivity contribution in [1.29, 1.82) is 0 Å². The minimum absolute atomic E-state index is 0.0796. The van der Waals surface area contributed by atoms with E-state index in [1.165, 1.54) is 0 Å². The van der Waals surface area contributed by atoms with Gasteiger partial charge in [0.15, 0.2) is 0 Å². The first-order chi connectivity index (χ1) is 13.7. The Balaban J connectivity index is 2.02. The fourth-order valence-corrected chi connectivity index (χ4v) is 3.89. The summed E-state index contributed by atoms with van der Waals surface area (Å²) in [7, 11) is 1.69. The van der Waals surface area contributed by atoms with Crippen molar-refractivity contribution in [3.05, 3.63) is 23.2 Å². The molecule has 2 atom stereocenters. The number of rotatable bonds is 10. The third-order valence-corrected chi connectivity index (χ3v) is 5.95. The van der Waals surface area contributed by atoms with Crippen LogP contribution in [0.5, 0.6) is 5.75 Å². The molecule has 5 nitrogen and oxygen atoms in total. The highest BCUT2D eigenvalue weighted by atomic mass is 35.5. The number of hydrogen-bond acceptors (Lipinski definition) is 4. The van der Waals surface area contributed by atoms with Gasteiger partial charge in [0.1, 0.15) is 11.4 Å². The Morgan fingerprint density at radius 3 is 2.72 bits per heavy atom. The molecule has 164 valence electrons. The number of methoxy groups -OCH3 is 1. The van der Waals surface area contributed by atoms with Crippen LogP contribution in [0.15, 0.2) is 18.2 Å². The first-order valence-corrected chi connectivity index (χ1v) is 11.0. The van der Waals surface area contributed by atoms with Crippen molar-refractivity contribution in [2.24, 2.45) is 5.92 Å². The van der Waals surface area contributed by atoms with E-state index in [1.54, 1.807) is 19.2 Å². The first-order valence-electron chi connectivity index (χ1n) is 10.6. The maximum atomic E-state index is 13.1. The number of halogens is 1. The van der Waals surface area contributed by atoms with Gasteiger partial charge in [-0.1, -0.05) is 31.9 Å². The highest BCUT2D eigenvalue weighted by Gasteiger charge is 2.42. The second-order valence-corrected chi connectivity index (χ2v) is 9.11. The summed E-state index contributed by atoms with van der Waals surface area (Å²) in [5, 5.41) is 3.49. The highest BCUT2D eigenvalue weighted by Crippen LogP contribution is 2.37. The SMILES string of the molecule is CCCO[C@]1(C(=O)Nc2ccc(OCCC(C)(C)OC)c(Cl)c2)CCC[C@@H](C)C1. The van der Waals surface area contributed by atoms with Crippen LogP contribution in [0, 0.1) is 5.92 Å². The maximum Gasteiger partial charge on any atom is 0.256 e. The van der Waals surface area contributed by atoms with E-state index < -0.39 is 5.60 Å². The third kappa shape index (κ3) is 6.87. The highest BCUT2D eigenvalue weighted by molar-refractivity contribution is 6.32. The Morgan fingerprint density at radius 2 is 2.10 bits per heavy atom. The van der Waals surface area contributed by atoms with Crippen molar-refractivity contribution in [3.63, 3.8) is 0 Å². The van der Waals surface area contributed by atoms with Crippen LogP contribution in [0.4, 0.5) is 5.69 Å². The van der Waals surface area contributed by atoms with Gasteiger partial charge in [0, 0.05) is 25.8 Å². The van der Waals surface area contributed by atoms with Gasteiger partial charge in [-0.2, -0.15) is 0 Å². The largest absolute Gasteiger partial charge is 0.492 e. The fourth-order valence-electron chi connectivity index (χ4n) is 3.65. The Morgan fingerprint density at radius 1 is 1.34 bits per heavy atom. The van der Waals surface area contributed by atoms with Gasteiger partial charge >= 0.3 is 0 Å². The molecule has 0 unspecified atom stereocenters. The molecular formula is C23H36ClNO4. The van der Waals surface area contributed by atoms with Crippen molar-refractivity contribution in [3.8, 4) is 5.75 Å². The third-order valence-electron chi connectivity index (χ3n) is 5.66. The lowest BCUT2D eigenvalue weighted by molar-refractivity contribution is -0.148. The van der Waals surface area contributed by atoms with Crippen molar-refractivity contribution < 1.29 is 19.0 Å². The van der Waals surface area contributed by atoms with Crippen LogP contribution in [0.2, 0.25) is 5.02 Å². The number of hydrogen-bond donors (Lipinski definition) is 1. The number of carbonyl (C=O) groups excluding carboxylic acids is 1. The Bertz CT molecular complexity index is 679. The van der Waals surface area contributed by atoms with Crippen molar-refractivity contribution in [1.82, 2.24) is 0 Å². The molecule has 1 aliphatic rings. The van der Waals surface area contributed by atoms with Crippen LogP contribution in [0.1, 0.15) is 66.2 Å². The van der Waals surface area contributed by atoms with Crippen LogP contribution in [-0.4, -0.2) is 37.4 Å². The molecule has 2 rings (SSSR count). The van der Waals surface area contributed by atoms with Crippen molar-refractivity contribution in [2.75, 3.05) is 25.6 Å². The second kappa shape index (κ2) is 10.6. The monoisotopic (exact) mass is 425 g/mol. The van der Waals surface area contributed by atoms with Gasteiger partial charge in [0.05, 0.1) is 17.2 Å². The molecule has 6 heteroatoms. The molecule has 1 fully saturated rings. The molecule has 0 aliphatic heterocycles. The molecule has 1 aromatic carbocycles. The minimum atomic E-state index is -0.749. The number of nitrogens with one attached hydrogen (secondary N) is 1. The number of anilines is 1. The first kappa shape index (κ1) is 24.0. The number of benzene rings is 1. The van der Waals surface area contributed by atoms with Gasteiger partial charge < -0.3 is 19.5 Å². The quantitative estimate of drug-likeness (QED) is 0.511. The zero-order chi connectivity index (χ0) is 21.5. The number of amides is 1. The maximum absolute atomic E-state index is 13.1. The predicted molar refractivity (Wildman–Crippen MR) is 118 cm³/mol.